The van der Waals surface area contributed by atoms with E-state index in [1.165, 1.54) is 12.8 Å². The van der Waals surface area contributed by atoms with Gasteiger partial charge in [0.25, 0.3) is 0 Å². The summed E-state index contributed by atoms with van der Waals surface area (Å²) in [5.41, 5.74) is 0.832. The zero-order valence-electron chi connectivity index (χ0n) is 10.7. The number of anilines is 1. The average Bonchev–Trinajstić information content (AvgIpc) is 2.48. The van der Waals surface area contributed by atoms with Gasteiger partial charge in [-0.15, -0.1) is 0 Å². The van der Waals surface area contributed by atoms with Crippen molar-refractivity contribution in [1.82, 2.24) is 4.72 Å². The number of rotatable bonds is 4. The largest absolute Gasteiger partial charge is 0.369 e. The van der Waals surface area contributed by atoms with Crippen molar-refractivity contribution in [1.29, 1.82) is 0 Å². The third kappa shape index (κ3) is 2.84. The first-order chi connectivity index (χ1) is 8.65. The molecule has 4 nitrogen and oxygen atoms in total. The Hall–Kier alpha value is -1.07. The van der Waals surface area contributed by atoms with Gasteiger partial charge in [-0.1, -0.05) is 31.9 Å². The van der Waals surface area contributed by atoms with E-state index in [1.54, 1.807) is 12.1 Å². The fourth-order valence-electron chi connectivity index (χ4n) is 2.24. The molecule has 0 atom stereocenters. The molecule has 1 aliphatic heterocycles. The van der Waals surface area contributed by atoms with E-state index in [0.717, 1.165) is 25.2 Å². The summed E-state index contributed by atoms with van der Waals surface area (Å²) in [7, 11) is -3.33. The molecule has 1 N–H and O–H groups in total. The van der Waals surface area contributed by atoms with Crippen molar-refractivity contribution >= 4 is 15.7 Å². The highest BCUT2D eigenvalue weighted by atomic mass is 32.2. The predicted octanol–water partition coefficient (Wildman–Crippen LogP) is 1.98. The number of hydrogen-bond donors (Lipinski definition) is 1. The van der Waals surface area contributed by atoms with Gasteiger partial charge in [0.15, 0.2) is 0 Å². The van der Waals surface area contributed by atoms with Crippen molar-refractivity contribution in [3.05, 3.63) is 24.3 Å². The number of sulfonamides is 1. The third-order valence-corrected chi connectivity index (χ3v) is 4.71. The van der Waals surface area contributed by atoms with Gasteiger partial charge in [0.05, 0.1) is 5.69 Å². The summed E-state index contributed by atoms with van der Waals surface area (Å²) in [6, 6.07) is 7.24. The minimum atomic E-state index is -3.33. The Kier molecular flexibility index (Phi) is 4.24. The summed E-state index contributed by atoms with van der Waals surface area (Å²) in [5.74, 6) is 0. The standard InChI is InChI=1S/C13H20N2O2S/c1-2-3-6-10-15-11-9-14-18(16,17)13-8-5-4-7-12(13)15/h4-5,7-8,14H,2-3,6,9-11H2,1H3. The highest BCUT2D eigenvalue weighted by molar-refractivity contribution is 7.89. The fraction of sp³-hybridized carbons (Fsp3) is 0.538. The molecule has 0 aromatic heterocycles. The van der Waals surface area contributed by atoms with Crippen molar-refractivity contribution in [2.75, 3.05) is 24.5 Å². The molecule has 5 heteroatoms. The Morgan fingerprint density at radius 1 is 1.28 bits per heavy atom. The lowest BCUT2D eigenvalue weighted by atomic mass is 10.2. The molecule has 18 heavy (non-hydrogen) atoms. The van der Waals surface area contributed by atoms with Gasteiger partial charge in [-0.3, -0.25) is 0 Å². The van der Waals surface area contributed by atoms with Crippen LogP contribution >= 0.6 is 0 Å². The molecule has 0 radical (unpaired) electrons. The van der Waals surface area contributed by atoms with Crippen LogP contribution in [0.15, 0.2) is 29.2 Å². The molecule has 2 rings (SSSR count). The average molecular weight is 268 g/mol. The molecule has 1 aromatic carbocycles. The van der Waals surface area contributed by atoms with E-state index in [2.05, 4.69) is 16.5 Å². The Balaban J connectivity index is 2.28. The molecular weight excluding hydrogens is 248 g/mol. The monoisotopic (exact) mass is 268 g/mol. The quantitative estimate of drug-likeness (QED) is 0.849. The number of nitrogens with one attached hydrogen (secondary N) is 1. The Morgan fingerprint density at radius 2 is 2.06 bits per heavy atom. The van der Waals surface area contributed by atoms with Crippen LogP contribution in [0.2, 0.25) is 0 Å². The summed E-state index contributed by atoms with van der Waals surface area (Å²) in [6.45, 7) is 4.30. The van der Waals surface area contributed by atoms with Gasteiger partial charge in [0.2, 0.25) is 10.0 Å². The molecule has 1 aliphatic rings. The van der Waals surface area contributed by atoms with Crippen LogP contribution in [-0.4, -0.2) is 28.1 Å². The molecule has 0 saturated carbocycles. The Morgan fingerprint density at radius 3 is 2.83 bits per heavy atom. The number of para-hydroxylation sites is 1. The van der Waals surface area contributed by atoms with Gasteiger partial charge in [0, 0.05) is 19.6 Å². The zero-order valence-corrected chi connectivity index (χ0v) is 11.5. The smallest absolute Gasteiger partial charge is 0.242 e. The number of hydrogen-bond acceptors (Lipinski definition) is 3. The minimum absolute atomic E-state index is 0.402. The topological polar surface area (TPSA) is 49.4 Å². The van der Waals surface area contributed by atoms with E-state index < -0.39 is 10.0 Å². The van der Waals surface area contributed by atoms with Crippen molar-refractivity contribution in [2.45, 2.75) is 31.1 Å². The summed E-state index contributed by atoms with van der Waals surface area (Å²) in [4.78, 5) is 2.57. The normalized spacial score (nSPS) is 18.2. The fourth-order valence-corrected chi connectivity index (χ4v) is 3.49. The van der Waals surface area contributed by atoms with E-state index in [-0.39, 0.29) is 0 Å². The Bertz CT molecular complexity index is 499. The van der Waals surface area contributed by atoms with Gasteiger partial charge in [-0.25, -0.2) is 13.1 Å². The second kappa shape index (κ2) is 5.71. The first-order valence-electron chi connectivity index (χ1n) is 6.49. The highest BCUT2D eigenvalue weighted by Crippen LogP contribution is 2.26. The first-order valence-corrected chi connectivity index (χ1v) is 7.97. The van der Waals surface area contributed by atoms with E-state index in [4.69, 9.17) is 0 Å². The van der Waals surface area contributed by atoms with Crippen LogP contribution in [0, 0.1) is 0 Å². The maximum Gasteiger partial charge on any atom is 0.242 e. The van der Waals surface area contributed by atoms with Crippen molar-refractivity contribution in [3.8, 4) is 0 Å². The third-order valence-electron chi connectivity index (χ3n) is 3.20. The summed E-state index contributed by atoms with van der Waals surface area (Å²) in [6.07, 6.45) is 3.45. The minimum Gasteiger partial charge on any atom is -0.369 e. The molecule has 1 aromatic rings. The van der Waals surface area contributed by atoms with Crippen molar-refractivity contribution in [3.63, 3.8) is 0 Å². The van der Waals surface area contributed by atoms with Crippen molar-refractivity contribution in [2.24, 2.45) is 0 Å². The van der Waals surface area contributed by atoms with Gasteiger partial charge in [0.1, 0.15) is 4.90 Å². The van der Waals surface area contributed by atoms with Gasteiger partial charge >= 0.3 is 0 Å². The maximum absolute atomic E-state index is 12.0. The van der Waals surface area contributed by atoms with Crippen LogP contribution in [-0.2, 0) is 10.0 Å². The molecule has 0 amide bonds. The predicted molar refractivity (Wildman–Crippen MR) is 73.4 cm³/mol. The molecule has 0 unspecified atom stereocenters. The first kappa shape index (κ1) is 13.4. The lowest BCUT2D eigenvalue weighted by molar-refractivity contribution is 0.584. The molecule has 0 aliphatic carbocycles. The summed E-state index contributed by atoms with van der Waals surface area (Å²) < 4.78 is 26.7. The summed E-state index contributed by atoms with van der Waals surface area (Å²) in [5, 5.41) is 0. The lowest BCUT2D eigenvalue weighted by Gasteiger charge is -2.23. The number of benzene rings is 1. The van der Waals surface area contributed by atoms with Crippen LogP contribution in [0.25, 0.3) is 0 Å². The molecule has 0 spiro atoms. The van der Waals surface area contributed by atoms with Crippen LogP contribution in [0.1, 0.15) is 26.2 Å². The molecular formula is C13H20N2O2S. The van der Waals surface area contributed by atoms with E-state index in [1.807, 2.05) is 12.1 Å². The van der Waals surface area contributed by atoms with E-state index in [0.29, 0.717) is 11.4 Å². The molecule has 100 valence electrons. The van der Waals surface area contributed by atoms with E-state index in [9.17, 15) is 8.42 Å². The summed E-state index contributed by atoms with van der Waals surface area (Å²) >= 11 is 0. The van der Waals surface area contributed by atoms with Crippen LogP contribution in [0.3, 0.4) is 0 Å². The van der Waals surface area contributed by atoms with Gasteiger partial charge in [-0.05, 0) is 18.6 Å². The number of nitrogens with zero attached hydrogens (tertiary/aromatic N) is 1. The molecule has 1 heterocycles. The SMILES string of the molecule is CCCCCN1CCNS(=O)(=O)c2ccccc21. The van der Waals surface area contributed by atoms with Gasteiger partial charge < -0.3 is 4.90 Å². The maximum atomic E-state index is 12.0. The lowest BCUT2D eigenvalue weighted by Crippen LogP contribution is -2.30. The second-order valence-corrected chi connectivity index (χ2v) is 6.30. The van der Waals surface area contributed by atoms with Gasteiger partial charge in [-0.2, -0.15) is 0 Å². The van der Waals surface area contributed by atoms with Crippen LogP contribution in [0.5, 0.6) is 0 Å². The zero-order chi connectivity index (χ0) is 13.0. The molecule has 0 bridgehead atoms. The van der Waals surface area contributed by atoms with Crippen LogP contribution < -0.4 is 9.62 Å². The highest BCUT2D eigenvalue weighted by Gasteiger charge is 2.24. The molecule has 0 saturated heterocycles. The second-order valence-electron chi connectivity index (χ2n) is 4.56. The number of unbranched alkanes of at least 4 members (excludes halogenated alkanes) is 2. The van der Waals surface area contributed by atoms with Crippen molar-refractivity contribution < 1.29 is 8.42 Å². The van der Waals surface area contributed by atoms with E-state index >= 15 is 0 Å². The number of fused-ring (bicyclic) bond motifs is 1. The Labute approximate surface area is 109 Å². The van der Waals surface area contributed by atoms with Crippen LogP contribution in [0.4, 0.5) is 5.69 Å². The molecule has 0 fully saturated rings.